The monoisotopic (exact) mass is 570 g/mol. The van der Waals surface area contributed by atoms with E-state index in [1.54, 1.807) is 16.0 Å². The molecule has 0 saturated carbocycles. The van der Waals surface area contributed by atoms with Gasteiger partial charge in [0.15, 0.2) is 0 Å². The lowest BCUT2D eigenvalue weighted by atomic mass is 9.84. The molecule has 6 rings (SSSR count). The molecule has 5 aromatic rings. The third-order valence-electron chi connectivity index (χ3n) is 8.05. The van der Waals surface area contributed by atoms with Crippen molar-refractivity contribution in [2.45, 2.75) is 51.8 Å². The topological polar surface area (TPSA) is 105 Å². The summed E-state index contributed by atoms with van der Waals surface area (Å²) >= 11 is 1.72. The second-order valence-electron chi connectivity index (χ2n) is 10.7. The predicted octanol–water partition coefficient (Wildman–Crippen LogP) is 5.71. The fourth-order valence-corrected chi connectivity index (χ4v) is 6.80. The number of aromatic nitrogens is 4. The number of fused-ring (bicyclic) bond motifs is 3. The number of aryl methyl sites for hydroxylation is 2. The van der Waals surface area contributed by atoms with Crippen LogP contribution in [0.4, 0.5) is 5.82 Å². The molecule has 4 heterocycles. The highest BCUT2D eigenvalue weighted by atomic mass is 32.1. The Kier molecular flexibility index (Phi) is 7.35. The number of anilines is 1. The van der Waals surface area contributed by atoms with E-state index in [2.05, 4.69) is 51.0 Å². The fraction of sp³-hybridized carbons (Fsp3) is 0.355. The van der Waals surface area contributed by atoms with Gasteiger partial charge < -0.3 is 15.2 Å². The number of ether oxygens (including phenoxy) is 1. The van der Waals surface area contributed by atoms with Crippen molar-refractivity contribution in [2.75, 3.05) is 18.9 Å². The number of thiophene rings is 1. The van der Waals surface area contributed by atoms with Crippen molar-refractivity contribution in [1.29, 1.82) is 0 Å². The van der Waals surface area contributed by atoms with Gasteiger partial charge in [0.25, 0.3) is 0 Å². The summed E-state index contributed by atoms with van der Waals surface area (Å²) in [7, 11) is 3.74. The van der Waals surface area contributed by atoms with Gasteiger partial charge in [-0.15, -0.1) is 16.4 Å². The van der Waals surface area contributed by atoms with Crippen LogP contribution in [0.1, 0.15) is 53.6 Å². The number of carbonyl (C=O) groups is 1. The van der Waals surface area contributed by atoms with E-state index in [0.29, 0.717) is 13.1 Å². The van der Waals surface area contributed by atoms with Crippen molar-refractivity contribution < 1.29 is 14.6 Å². The highest BCUT2D eigenvalue weighted by Gasteiger charge is 2.26. The highest BCUT2D eigenvalue weighted by Crippen LogP contribution is 2.38. The van der Waals surface area contributed by atoms with E-state index in [4.69, 9.17) is 9.72 Å². The molecule has 1 aliphatic rings. The first kappa shape index (κ1) is 27.2. The molecule has 0 saturated heterocycles. The van der Waals surface area contributed by atoms with E-state index in [1.807, 2.05) is 45.3 Å². The van der Waals surface area contributed by atoms with Crippen LogP contribution in [0.25, 0.3) is 21.1 Å². The summed E-state index contributed by atoms with van der Waals surface area (Å²) in [6, 6.07) is 14.5. The van der Waals surface area contributed by atoms with Gasteiger partial charge in [0.2, 0.25) is 0 Å². The van der Waals surface area contributed by atoms with Crippen LogP contribution >= 0.6 is 11.3 Å². The molecular formula is C31H34N6O3S. The first-order chi connectivity index (χ1) is 19.8. The average molecular weight is 571 g/mol. The molecule has 0 fully saturated rings. The summed E-state index contributed by atoms with van der Waals surface area (Å²) in [5.74, 6) is 0.499. The normalized spacial score (nSPS) is 16.3. The highest BCUT2D eigenvalue weighted by molar-refractivity contribution is 7.17. The van der Waals surface area contributed by atoms with Crippen molar-refractivity contribution in [3.05, 3.63) is 75.8 Å². The van der Waals surface area contributed by atoms with E-state index in [-0.39, 0.29) is 18.4 Å². The molecular weight excluding hydrogens is 536 g/mol. The van der Waals surface area contributed by atoms with E-state index in [1.165, 1.54) is 10.3 Å². The van der Waals surface area contributed by atoms with Crippen LogP contribution in [-0.4, -0.2) is 55.6 Å². The van der Waals surface area contributed by atoms with E-state index >= 15 is 0 Å². The molecule has 2 atom stereocenters. The lowest BCUT2D eigenvalue weighted by molar-refractivity contribution is -0.137. The lowest BCUT2D eigenvalue weighted by Crippen LogP contribution is -2.32. The van der Waals surface area contributed by atoms with E-state index in [0.717, 1.165) is 63.3 Å². The number of carboxylic acids is 1. The number of rotatable bonds is 8. The fourth-order valence-electron chi connectivity index (χ4n) is 5.91. The molecule has 9 nitrogen and oxygen atoms in total. The standard InChI is InChI=1S/C31H34N6O3S/c1-5-22-16-37(17-25-27(40-22)8-9-28(32-3)33-25)15-21-13-20(12-19-10-11-41-31(19)21)24(14-29(38)39)23-6-7-26-30(18(23)2)34-35-36(26)4/h6-13,22,24H,5,14-17H2,1-4H3,(H,32,33)(H,38,39)/t22-,24-/m1/s1. The van der Waals surface area contributed by atoms with Crippen LogP contribution in [0.2, 0.25) is 0 Å². The van der Waals surface area contributed by atoms with Crippen molar-refractivity contribution >= 4 is 44.2 Å². The summed E-state index contributed by atoms with van der Waals surface area (Å²) in [5.41, 5.74) is 6.76. The van der Waals surface area contributed by atoms with Crippen molar-refractivity contribution in [3.63, 3.8) is 0 Å². The molecule has 3 aromatic heterocycles. The van der Waals surface area contributed by atoms with Gasteiger partial charge in [-0.1, -0.05) is 24.3 Å². The second kappa shape index (κ2) is 11.1. The van der Waals surface area contributed by atoms with Crippen LogP contribution in [0.15, 0.2) is 47.8 Å². The van der Waals surface area contributed by atoms with Gasteiger partial charge in [-0.05, 0) is 76.7 Å². The maximum Gasteiger partial charge on any atom is 0.304 e. The Balaban J connectivity index is 1.41. The summed E-state index contributed by atoms with van der Waals surface area (Å²) < 4.78 is 9.32. The minimum atomic E-state index is -0.834. The Morgan fingerprint density at radius 3 is 2.88 bits per heavy atom. The quantitative estimate of drug-likeness (QED) is 0.245. The van der Waals surface area contributed by atoms with Crippen LogP contribution in [0.3, 0.4) is 0 Å². The first-order valence-corrected chi connectivity index (χ1v) is 14.8. The van der Waals surface area contributed by atoms with Crippen molar-refractivity contribution in [1.82, 2.24) is 24.9 Å². The first-order valence-electron chi connectivity index (χ1n) is 13.9. The third kappa shape index (κ3) is 5.25. The Morgan fingerprint density at radius 2 is 2.10 bits per heavy atom. The van der Waals surface area contributed by atoms with Crippen LogP contribution in [0.5, 0.6) is 5.75 Å². The number of aliphatic carboxylic acids is 1. The largest absolute Gasteiger partial charge is 0.487 e. The summed E-state index contributed by atoms with van der Waals surface area (Å²) in [6.45, 7) is 6.31. The number of benzene rings is 2. The SMILES string of the molecule is CC[C@@H]1CN(Cc2cc([C@@H](CC(=O)O)c3ccc4c(nnn4C)c3C)cc3ccsc23)Cc2nc(NC)ccc2O1. The molecule has 0 spiro atoms. The van der Waals surface area contributed by atoms with Gasteiger partial charge in [-0.25, -0.2) is 9.67 Å². The zero-order valence-corrected chi connectivity index (χ0v) is 24.5. The Bertz CT molecular complexity index is 1750. The molecule has 0 amide bonds. The number of pyridine rings is 1. The molecule has 1 aliphatic heterocycles. The predicted molar refractivity (Wildman–Crippen MR) is 162 cm³/mol. The minimum absolute atomic E-state index is 0.0127. The molecule has 2 N–H and O–H groups in total. The van der Waals surface area contributed by atoms with Crippen LogP contribution in [-0.2, 0) is 24.9 Å². The van der Waals surface area contributed by atoms with Gasteiger partial charge in [-0.2, -0.15) is 0 Å². The Morgan fingerprint density at radius 1 is 1.24 bits per heavy atom. The number of hydrogen-bond acceptors (Lipinski definition) is 8. The molecule has 0 aliphatic carbocycles. The Hall–Kier alpha value is -4.02. The number of hydrogen-bond donors (Lipinski definition) is 2. The van der Waals surface area contributed by atoms with Crippen molar-refractivity contribution in [2.24, 2.45) is 7.05 Å². The molecule has 2 aromatic carbocycles. The molecule has 10 heteroatoms. The number of nitrogens with zero attached hydrogens (tertiary/aromatic N) is 5. The van der Waals surface area contributed by atoms with E-state index in [9.17, 15) is 9.90 Å². The van der Waals surface area contributed by atoms with Crippen LogP contribution < -0.4 is 10.1 Å². The second-order valence-corrected chi connectivity index (χ2v) is 11.7. The molecule has 0 radical (unpaired) electrons. The molecule has 0 unspecified atom stereocenters. The van der Waals surface area contributed by atoms with Crippen molar-refractivity contribution in [3.8, 4) is 5.75 Å². The number of carboxylic acid groups (broad SMARTS) is 1. The zero-order chi connectivity index (χ0) is 28.7. The molecule has 212 valence electrons. The van der Waals surface area contributed by atoms with Gasteiger partial charge in [0, 0.05) is 44.3 Å². The average Bonchev–Trinajstić information content (AvgIpc) is 3.55. The zero-order valence-electron chi connectivity index (χ0n) is 23.7. The van der Waals surface area contributed by atoms with Gasteiger partial charge in [0.1, 0.15) is 23.2 Å². The van der Waals surface area contributed by atoms with Crippen LogP contribution in [0, 0.1) is 6.92 Å². The smallest absolute Gasteiger partial charge is 0.304 e. The summed E-state index contributed by atoms with van der Waals surface area (Å²) in [4.78, 5) is 19.4. The lowest BCUT2D eigenvalue weighted by Gasteiger charge is -2.25. The summed E-state index contributed by atoms with van der Waals surface area (Å²) in [5, 5.41) is 24.9. The van der Waals surface area contributed by atoms with Gasteiger partial charge >= 0.3 is 5.97 Å². The summed E-state index contributed by atoms with van der Waals surface area (Å²) in [6.07, 6.45) is 0.936. The minimum Gasteiger partial charge on any atom is -0.487 e. The molecule has 0 bridgehead atoms. The third-order valence-corrected chi connectivity index (χ3v) is 9.06. The van der Waals surface area contributed by atoms with Gasteiger partial charge in [-0.3, -0.25) is 9.69 Å². The molecule has 41 heavy (non-hydrogen) atoms. The maximum atomic E-state index is 12.2. The number of nitrogens with one attached hydrogen (secondary N) is 1. The Labute approximate surface area is 242 Å². The van der Waals surface area contributed by atoms with E-state index < -0.39 is 5.97 Å². The maximum absolute atomic E-state index is 12.2. The van der Waals surface area contributed by atoms with Gasteiger partial charge in [0.05, 0.1) is 17.6 Å².